The summed E-state index contributed by atoms with van der Waals surface area (Å²) in [6, 6.07) is 8.92. The lowest BCUT2D eigenvalue weighted by atomic mass is 9.99. The van der Waals surface area contributed by atoms with Gasteiger partial charge in [0.2, 0.25) is 0 Å². The maximum atomic E-state index is 13.7. The third-order valence-electron chi connectivity index (χ3n) is 6.99. The van der Waals surface area contributed by atoms with E-state index in [0.29, 0.717) is 23.3 Å². The third kappa shape index (κ3) is 5.54. The van der Waals surface area contributed by atoms with Gasteiger partial charge in [-0.1, -0.05) is 19.9 Å². The third-order valence-corrected chi connectivity index (χ3v) is 7.88. The Balaban J connectivity index is 1.59. The van der Waals surface area contributed by atoms with Crippen molar-refractivity contribution >= 4 is 22.8 Å². The monoisotopic (exact) mass is 567 g/mol. The number of nitrogens with zero attached hydrogens (tertiary/aromatic N) is 6. The Labute approximate surface area is 232 Å². The topological polar surface area (TPSA) is 92.1 Å². The van der Waals surface area contributed by atoms with Gasteiger partial charge in [0, 0.05) is 24.2 Å². The highest BCUT2D eigenvalue weighted by Gasteiger charge is 2.36. The summed E-state index contributed by atoms with van der Waals surface area (Å²) in [6.07, 6.45) is 0.596. The molecule has 0 aliphatic carbocycles. The van der Waals surface area contributed by atoms with Crippen LogP contribution >= 0.6 is 11.3 Å². The molecule has 8 nitrogen and oxygen atoms in total. The molecule has 0 amide bonds. The number of fused-ring (bicyclic) bond motifs is 1. The molecule has 40 heavy (non-hydrogen) atoms. The quantitative estimate of drug-likeness (QED) is 0.191. The first kappa shape index (κ1) is 27.7. The number of carbonyl (C=O) groups excluding carboxylic acids is 1. The minimum absolute atomic E-state index is 0.00697. The summed E-state index contributed by atoms with van der Waals surface area (Å²) in [4.78, 5) is 26.0. The van der Waals surface area contributed by atoms with Crippen molar-refractivity contribution in [2.24, 2.45) is 0 Å². The first-order chi connectivity index (χ1) is 19.2. The standard InChI is InChI=1S/C28H28F3N7OS/c1-4-37(5-2)17(3)8-9-24(39)18-13-22(19-15-32-36-26(19)28(29,30)31)34-23(14-18)20-16-33-38-11-10-21(35-27(20)38)25-7-6-12-40-25/h6-7,10-17H,4-5,8-9H2,1-3H3,(H,32,36)/t17-/m0/s1. The van der Waals surface area contributed by atoms with Crippen LogP contribution in [0.2, 0.25) is 0 Å². The Morgan fingerprint density at radius 1 is 1.07 bits per heavy atom. The molecule has 208 valence electrons. The van der Waals surface area contributed by atoms with Gasteiger partial charge in [-0.15, -0.1) is 11.3 Å². The smallest absolute Gasteiger partial charge is 0.301 e. The zero-order valence-corrected chi connectivity index (χ0v) is 23.1. The molecule has 1 N–H and O–H groups in total. The number of aromatic nitrogens is 6. The van der Waals surface area contributed by atoms with Crippen molar-refractivity contribution in [1.29, 1.82) is 0 Å². The first-order valence-corrected chi connectivity index (χ1v) is 13.9. The normalized spacial score (nSPS) is 12.9. The van der Waals surface area contributed by atoms with Crippen LogP contribution in [0.3, 0.4) is 0 Å². The van der Waals surface area contributed by atoms with Crippen LogP contribution in [0.4, 0.5) is 13.2 Å². The fraction of sp³-hybridized carbons (Fsp3) is 0.321. The largest absolute Gasteiger partial charge is 0.433 e. The van der Waals surface area contributed by atoms with Gasteiger partial charge in [-0.3, -0.25) is 9.89 Å². The van der Waals surface area contributed by atoms with Crippen molar-refractivity contribution in [1.82, 2.24) is 34.7 Å². The van der Waals surface area contributed by atoms with Crippen LogP contribution in [0, 0.1) is 0 Å². The molecule has 0 saturated carbocycles. The van der Waals surface area contributed by atoms with E-state index >= 15 is 0 Å². The van der Waals surface area contributed by atoms with Crippen molar-refractivity contribution in [3.8, 4) is 33.1 Å². The molecule has 0 aliphatic rings. The summed E-state index contributed by atoms with van der Waals surface area (Å²) in [5.41, 5.74) is 1.03. The summed E-state index contributed by atoms with van der Waals surface area (Å²) in [6.45, 7) is 7.94. The highest BCUT2D eigenvalue weighted by molar-refractivity contribution is 7.13. The minimum Gasteiger partial charge on any atom is -0.301 e. The molecule has 0 bridgehead atoms. The number of hydrogen-bond donors (Lipinski definition) is 1. The van der Waals surface area contributed by atoms with Crippen LogP contribution in [0.25, 0.3) is 38.7 Å². The fourth-order valence-electron chi connectivity index (χ4n) is 4.79. The average Bonchev–Trinajstić information content (AvgIpc) is 3.72. The van der Waals surface area contributed by atoms with E-state index in [-0.39, 0.29) is 35.1 Å². The Hall–Kier alpha value is -3.90. The Morgan fingerprint density at radius 3 is 2.50 bits per heavy atom. The number of nitrogens with one attached hydrogen (secondary N) is 1. The second-order valence-electron chi connectivity index (χ2n) is 9.43. The number of H-pyrrole nitrogens is 1. The van der Waals surface area contributed by atoms with Crippen LogP contribution in [-0.2, 0) is 6.18 Å². The van der Waals surface area contributed by atoms with Crippen molar-refractivity contribution in [2.45, 2.75) is 45.8 Å². The fourth-order valence-corrected chi connectivity index (χ4v) is 5.48. The zero-order chi connectivity index (χ0) is 28.4. The van der Waals surface area contributed by atoms with E-state index in [9.17, 15) is 18.0 Å². The number of ketones is 1. The number of Topliss-reactive ketones (excluding diaryl/α,β-unsaturated/α-hetero) is 1. The van der Waals surface area contributed by atoms with Gasteiger partial charge in [-0.2, -0.15) is 23.4 Å². The second-order valence-corrected chi connectivity index (χ2v) is 10.4. The molecule has 0 radical (unpaired) electrons. The lowest BCUT2D eigenvalue weighted by molar-refractivity contribution is -0.140. The van der Waals surface area contributed by atoms with Crippen molar-refractivity contribution < 1.29 is 18.0 Å². The molecule has 0 aromatic carbocycles. The predicted octanol–water partition coefficient (Wildman–Crippen LogP) is 6.62. The van der Waals surface area contributed by atoms with Gasteiger partial charge >= 0.3 is 6.18 Å². The molecule has 0 unspecified atom stereocenters. The Bertz CT molecular complexity index is 1620. The maximum absolute atomic E-state index is 13.7. The molecular formula is C28H28F3N7OS. The van der Waals surface area contributed by atoms with Crippen molar-refractivity contribution in [3.63, 3.8) is 0 Å². The number of carbonyl (C=O) groups is 1. The number of hydrogen-bond acceptors (Lipinski definition) is 7. The van der Waals surface area contributed by atoms with E-state index in [1.165, 1.54) is 17.4 Å². The van der Waals surface area contributed by atoms with Crippen LogP contribution < -0.4 is 0 Å². The van der Waals surface area contributed by atoms with E-state index in [4.69, 9.17) is 4.98 Å². The number of pyridine rings is 1. The molecule has 5 rings (SSSR count). The number of halogens is 3. The summed E-state index contributed by atoms with van der Waals surface area (Å²) in [7, 11) is 0. The molecule has 5 heterocycles. The van der Waals surface area contributed by atoms with Crippen LogP contribution in [0.5, 0.6) is 0 Å². The molecule has 5 aromatic rings. The molecule has 0 fully saturated rings. The van der Waals surface area contributed by atoms with Gasteiger partial charge in [0.05, 0.1) is 45.5 Å². The number of thiophene rings is 1. The SMILES string of the molecule is CCN(CC)[C@@H](C)CCC(=O)c1cc(-c2cn[nH]c2C(F)(F)F)nc(-c2cnn3ccc(-c4cccs4)nc23)c1. The number of alkyl halides is 3. The van der Waals surface area contributed by atoms with Crippen LogP contribution in [0.15, 0.2) is 54.3 Å². The lowest BCUT2D eigenvalue weighted by Gasteiger charge is -2.26. The number of aromatic amines is 1. The summed E-state index contributed by atoms with van der Waals surface area (Å²) < 4.78 is 42.8. The van der Waals surface area contributed by atoms with Gasteiger partial charge in [-0.25, -0.2) is 14.5 Å². The van der Waals surface area contributed by atoms with Gasteiger partial charge in [0.25, 0.3) is 0 Å². The summed E-state index contributed by atoms with van der Waals surface area (Å²) >= 11 is 1.54. The minimum atomic E-state index is -4.67. The number of rotatable bonds is 10. The first-order valence-electron chi connectivity index (χ1n) is 13.0. The Morgan fingerprint density at radius 2 is 1.82 bits per heavy atom. The van der Waals surface area contributed by atoms with Crippen LogP contribution in [-0.4, -0.2) is 59.6 Å². The van der Waals surface area contributed by atoms with E-state index in [0.717, 1.165) is 29.9 Å². The molecule has 1 atom stereocenters. The van der Waals surface area contributed by atoms with E-state index < -0.39 is 11.9 Å². The van der Waals surface area contributed by atoms with Crippen molar-refractivity contribution in [3.05, 3.63) is 65.6 Å². The molecule has 0 spiro atoms. The second kappa shape index (κ2) is 11.3. The molecular weight excluding hydrogens is 539 g/mol. The van der Waals surface area contributed by atoms with Gasteiger partial charge < -0.3 is 4.90 Å². The van der Waals surface area contributed by atoms with E-state index in [2.05, 4.69) is 40.9 Å². The van der Waals surface area contributed by atoms with E-state index in [1.807, 2.05) is 28.7 Å². The van der Waals surface area contributed by atoms with Crippen LogP contribution in [0.1, 0.15) is 49.7 Å². The molecule has 5 aromatic heterocycles. The predicted molar refractivity (Wildman–Crippen MR) is 148 cm³/mol. The van der Waals surface area contributed by atoms with Gasteiger partial charge in [0.1, 0.15) is 5.69 Å². The molecule has 0 aliphatic heterocycles. The highest BCUT2D eigenvalue weighted by Crippen LogP contribution is 2.36. The molecule has 12 heteroatoms. The summed E-state index contributed by atoms with van der Waals surface area (Å²) in [5.74, 6) is -0.176. The van der Waals surface area contributed by atoms with Crippen molar-refractivity contribution in [2.75, 3.05) is 13.1 Å². The Kier molecular flexibility index (Phi) is 7.81. The average molecular weight is 568 g/mol. The molecule has 0 saturated heterocycles. The summed E-state index contributed by atoms with van der Waals surface area (Å²) in [5, 5.41) is 12.0. The van der Waals surface area contributed by atoms with Gasteiger partial charge in [-0.05, 0) is 56.1 Å². The lowest BCUT2D eigenvalue weighted by Crippen LogP contribution is -2.33. The van der Waals surface area contributed by atoms with E-state index in [1.54, 1.807) is 23.0 Å². The maximum Gasteiger partial charge on any atom is 0.433 e. The highest BCUT2D eigenvalue weighted by atomic mass is 32.1. The zero-order valence-electron chi connectivity index (χ0n) is 22.2. The van der Waals surface area contributed by atoms with Gasteiger partial charge in [0.15, 0.2) is 11.4 Å².